The first-order chi connectivity index (χ1) is 17.2. The summed E-state index contributed by atoms with van der Waals surface area (Å²) in [7, 11) is 0. The number of amides is 3. The number of thiocarbonyl (C=S) groups is 1. The van der Waals surface area contributed by atoms with Crippen LogP contribution in [0.25, 0.3) is 0 Å². The van der Waals surface area contributed by atoms with Crippen molar-refractivity contribution in [3.05, 3.63) is 58.1 Å². The van der Waals surface area contributed by atoms with Gasteiger partial charge in [-0.1, -0.05) is 33.1 Å². The van der Waals surface area contributed by atoms with Gasteiger partial charge in [-0.15, -0.1) is 0 Å². The highest BCUT2D eigenvalue weighted by atomic mass is 79.9. The molecule has 0 unspecified atom stereocenters. The van der Waals surface area contributed by atoms with E-state index in [1.54, 1.807) is 42.5 Å². The van der Waals surface area contributed by atoms with Crippen molar-refractivity contribution >= 4 is 56.7 Å². The number of rotatable bonds is 7. The summed E-state index contributed by atoms with van der Waals surface area (Å²) < 4.78 is 6.34. The van der Waals surface area contributed by atoms with Gasteiger partial charge in [-0.2, -0.15) is 0 Å². The molecule has 36 heavy (non-hydrogen) atoms. The molecule has 8 nitrogen and oxygen atoms in total. The quantitative estimate of drug-likeness (QED) is 0.275. The molecule has 0 bridgehead atoms. The molecule has 0 atom stereocenters. The minimum Gasteiger partial charge on any atom is -0.492 e. The third kappa shape index (κ3) is 8.30. The minimum absolute atomic E-state index is 0.0272. The van der Waals surface area contributed by atoms with E-state index < -0.39 is 11.8 Å². The minimum atomic E-state index is -0.439. The number of anilines is 1. The molecule has 2 aromatic carbocycles. The Balaban J connectivity index is 1.45. The number of hydrazine groups is 1. The number of benzene rings is 2. The molecule has 1 fully saturated rings. The van der Waals surface area contributed by atoms with Crippen molar-refractivity contribution in [2.45, 2.75) is 46.0 Å². The number of nitrogens with one attached hydrogen (secondary N) is 4. The van der Waals surface area contributed by atoms with E-state index in [4.69, 9.17) is 17.0 Å². The lowest BCUT2D eigenvalue weighted by Gasteiger charge is -2.20. The van der Waals surface area contributed by atoms with Crippen LogP contribution >= 0.6 is 28.1 Å². The smallest absolute Gasteiger partial charge is 0.269 e. The second-order valence-electron chi connectivity index (χ2n) is 9.11. The van der Waals surface area contributed by atoms with Gasteiger partial charge in [-0.3, -0.25) is 30.6 Å². The molecule has 3 rings (SSSR count). The van der Waals surface area contributed by atoms with Crippen molar-refractivity contribution in [2.24, 2.45) is 11.8 Å². The van der Waals surface area contributed by atoms with Crippen molar-refractivity contribution in [1.82, 2.24) is 16.2 Å². The van der Waals surface area contributed by atoms with Gasteiger partial charge in [0.15, 0.2) is 5.11 Å². The van der Waals surface area contributed by atoms with Crippen LogP contribution in [0.2, 0.25) is 0 Å². The van der Waals surface area contributed by atoms with E-state index in [0.717, 1.165) is 25.7 Å². The largest absolute Gasteiger partial charge is 0.492 e. The lowest BCUT2D eigenvalue weighted by molar-refractivity contribution is -0.120. The molecule has 0 aromatic heterocycles. The van der Waals surface area contributed by atoms with Gasteiger partial charge in [0.1, 0.15) is 5.75 Å². The number of carbonyl (C=O) groups excluding carboxylic acids is 3. The van der Waals surface area contributed by atoms with Crippen molar-refractivity contribution in [1.29, 1.82) is 0 Å². The normalized spacial score (nSPS) is 13.6. The third-order valence-electron chi connectivity index (χ3n) is 5.67. The van der Waals surface area contributed by atoms with E-state index in [-0.39, 0.29) is 16.9 Å². The second-order valence-corrected chi connectivity index (χ2v) is 10.4. The van der Waals surface area contributed by atoms with Gasteiger partial charge in [0.25, 0.3) is 11.8 Å². The van der Waals surface area contributed by atoms with E-state index in [1.165, 1.54) is 6.42 Å². The van der Waals surface area contributed by atoms with Crippen LogP contribution in [-0.2, 0) is 4.79 Å². The highest BCUT2D eigenvalue weighted by molar-refractivity contribution is 9.10. The van der Waals surface area contributed by atoms with Gasteiger partial charge < -0.3 is 10.1 Å². The van der Waals surface area contributed by atoms with Gasteiger partial charge in [0, 0.05) is 22.7 Å². The first-order valence-corrected chi connectivity index (χ1v) is 13.2. The predicted molar refractivity (Wildman–Crippen MR) is 147 cm³/mol. The van der Waals surface area contributed by atoms with Crippen LogP contribution in [0.1, 0.15) is 66.7 Å². The summed E-state index contributed by atoms with van der Waals surface area (Å²) in [5, 5.41) is 5.38. The summed E-state index contributed by atoms with van der Waals surface area (Å²) in [4.78, 5) is 37.3. The molecule has 0 saturated heterocycles. The molecular weight excluding hydrogens is 544 g/mol. The van der Waals surface area contributed by atoms with Crippen LogP contribution in [0.4, 0.5) is 5.69 Å². The van der Waals surface area contributed by atoms with E-state index in [0.29, 0.717) is 39.6 Å². The monoisotopic (exact) mass is 574 g/mol. The van der Waals surface area contributed by atoms with Crippen LogP contribution in [0.15, 0.2) is 46.9 Å². The SMILES string of the molecule is CC(C)COc1ccc(C(=O)NC(=S)NNC(=O)c2ccc(NC(=O)C3CCCCC3)cc2)cc1Br. The predicted octanol–water partition coefficient (Wildman–Crippen LogP) is 4.95. The fourth-order valence-corrected chi connectivity index (χ4v) is 4.36. The fraction of sp³-hybridized carbons (Fsp3) is 0.385. The van der Waals surface area contributed by atoms with Crippen molar-refractivity contribution in [3.8, 4) is 5.75 Å². The maximum atomic E-state index is 12.5. The zero-order valence-electron chi connectivity index (χ0n) is 20.4. The standard InChI is InChI=1S/C26H31BrN4O4S/c1-16(2)15-35-22-13-10-19(14-21(22)27)24(33)29-26(36)31-30-25(34)18-8-11-20(12-9-18)28-23(32)17-6-4-3-5-7-17/h8-14,16-17H,3-7,15H2,1-2H3,(H,28,32)(H,30,34)(H2,29,31,33,36). The molecular formula is C26H31BrN4O4S. The van der Waals surface area contributed by atoms with E-state index in [9.17, 15) is 14.4 Å². The summed E-state index contributed by atoms with van der Waals surface area (Å²) in [6.45, 7) is 4.67. The second kappa shape index (κ2) is 13.4. The number of carbonyl (C=O) groups is 3. The summed E-state index contributed by atoms with van der Waals surface area (Å²) in [6, 6.07) is 11.6. The molecule has 0 spiro atoms. The Morgan fingerprint density at radius 2 is 1.64 bits per heavy atom. The van der Waals surface area contributed by atoms with Crippen LogP contribution in [0.3, 0.4) is 0 Å². The maximum absolute atomic E-state index is 12.5. The molecule has 0 heterocycles. The topological polar surface area (TPSA) is 109 Å². The zero-order chi connectivity index (χ0) is 26.1. The highest BCUT2D eigenvalue weighted by Crippen LogP contribution is 2.27. The summed E-state index contributed by atoms with van der Waals surface area (Å²) in [6.07, 6.45) is 5.20. The van der Waals surface area contributed by atoms with E-state index in [2.05, 4.69) is 51.3 Å². The Hall–Kier alpha value is -2.98. The average Bonchev–Trinajstić information content (AvgIpc) is 2.87. The summed E-state index contributed by atoms with van der Waals surface area (Å²) in [5.74, 6) is 0.234. The average molecular weight is 576 g/mol. The Bertz CT molecular complexity index is 1100. The van der Waals surface area contributed by atoms with Gasteiger partial charge in [-0.25, -0.2) is 0 Å². The summed E-state index contributed by atoms with van der Waals surface area (Å²) >= 11 is 8.53. The molecule has 2 aromatic rings. The Morgan fingerprint density at radius 1 is 0.972 bits per heavy atom. The lowest BCUT2D eigenvalue weighted by Crippen LogP contribution is -2.48. The molecule has 3 amide bonds. The first kappa shape index (κ1) is 27.6. The van der Waals surface area contributed by atoms with Crippen LogP contribution in [0, 0.1) is 11.8 Å². The van der Waals surface area contributed by atoms with Crippen LogP contribution in [-0.4, -0.2) is 29.4 Å². The lowest BCUT2D eigenvalue weighted by atomic mass is 9.88. The molecule has 4 N–H and O–H groups in total. The Kier molecular flexibility index (Phi) is 10.2. The first-order valence-electron chi connectivity index (χ1n) is 12.0. The Labute approximate surface area is 225 Å². The molecule has 1 aliphatic rings. The molecule has 192 valence electrons. The fourth-order valence-electron chi connectivity index (χ4n) is 3.72. The summed E-state index contributed by atoms with van der Waals surface area (Å²) in [5.41, 5.74) is 6.36. The Morgan fingerprint density at radius 3 is 2.28 bits per heavy atom. The molecule has 0 radical (unpaired) electrons. The number of hydrogen-bond acceptors (Lipinski definition) is 5. The van der Waals surface area contributed by atoms with Crippen molar-refractivity contribution in [2.75, 3.05) is 11.9 Å². The highest BCUT2D eigenvalue weighted by Gasteiger charge is 2.21. The maximum Gasteiger partial charge on any atom is 0.269 e. The van der Waals surface area contributed by atoms with E-state index in [1.807, 2.05) is 0 Å². The number of hydrogen-bond donors (Lipinski definition) is 4. The number of halogens is 1. The van der Waals surface area contributed by atoms with Gasteiger partial charge in [0.05, 0.1) is 11.1 Å². The van der Waals surface area contributed by atoms with Gasteiger partial charge in [0.2, 0.25) is 5.91 Å². The molecule has 1 aliphatic carbocycles. The van der Waals surface area contributed by atoms with Gasteiger partial charge >= 0.3 is 0 Å². The molecule has 10 heteroatoms. The van der Waals surface area contributed by atoms with Gasteiger partial charge in [-0.05, 0) is 89.4 Å². The number of ether oxygens (including phenoxy) is 1. The molecule has 1 saturated carbocycles. The van der Waals surface area contributed by atoms with Crippen molar-refractivity contribution < 1.29 is 19.1 Å². The van der Waals surface area contributed by atoms with Crippen LogP contribution < -0.4 is 26.2 Å². The van der Waals surface area contributed by atoms with Crippen molar-refractivity contribution in [3.63, 3.8) is 0 Å². The van der Waals surface area contributed by atoms with E-state index >= 15 is 0 Å². The molecule has 0 aliphatic heterocycles. The third-order valence-corrected chi connectivity index (χ3v) is 6.50. The van der Waals surface area contributed by atoms with Crippen LogP contribution in [0.5, 0.6) is 5.75 Å². The zero-order valence-corrected chi connectivity index (χ0v) is 22.8.